The van der Waals surface area contributed by atoms with E-state index in [1.807, 2.05) is 54.6 Å². The summed E-state index contributed by atoms with van der Waals surface area (Å²) < 4.78 is 10.5. The SMILES string of the molecule is CCc1ccc(OCC(=O)Nc2ccc(-c3ccc(OC)nn3)cc2)cc1. The van der Waals surface area contributed by atoms with Crippen molar-refractivity contribution in [2.24, 2.45) is 0 Å². The molecule has 1 amide bonds. The van der Waals surface area contributed by atoms with Crippen molar-refractivity contribution in [1.29, 1.82) is 0 Å². The van der Waals surface area contributed by atoms with Gasteiger partial charge in [-0.1, -0.05) is 31.2 Å². The summed E-state index contributed by atoms with van der Waals surface area (Å²) in [6.45, 7) is 2.05. The Morgan fingerprint density at radius 3 is 2.30 bits per heavy atom. The van der Waals surface area contributed by atoms with Gasteiger partial charge in [-0.25, -0.2) is 0 Å². The Bertz CT molecular complexity index is 876. The van der Waals surface area contributed by atoms with E-state index in [-0.39, 0.29) is 12.5 Å². The molecule has 3 aromatic rings. The lowest BCUT2D eigenvalue weighted by molar-refractivity contribution is -0.118. The van der Waals surface area contributed by atoms with Crippen molar-refractivity contribution in [2.45, 2.75) is 13.3 Å². The van der Waals surface area contributed by atoms with Crippen molar-refractivity contribution in [1.82, 2.24) is 10.2 Å². The molecular formula is C21H21N3O3. The maximum absolute atomic E-state index is 12.1. The van der Waals surface area contributed by atoms with Gasteiger partial charge in [-0.2, -0.15) is 0 Å². The number of benzene rings is 2. The molecule has 1 heterocycles. The molecule has 3 rings (SSSR count). The number of aromatic nitrogens is 2. The Hall–Kier alpha value is -3.41. The maximum Gasteiger partial charge on any atom is 0.262 e. The van der Waals surface area contributed by atoms with Crippen LogP contribution in [0.5, 0.6) is 11.6 Å². The lowest BCUT2D eigenvalue weighted by Gasteiger charge is -2.09. The number of carbonyl (C=O) groups is 1. The summed E-state index contributed by atoms with van der Waals surface area (Å²) in [5, 5.41) is 10.9. The maximum atomic E-state index is 12.1. The number of ether oxygens (including phenoxy) is 2. The van der Waals surface area contributed by atoms with Gasteiger partial charge in [0.15, 0.2) is 6.61 Å². The molecule has 0 aliphatic heterocycles. The zero-order valence-electron chi connectivity index (χ0n) is 15.3. The van der Waals surface area contributed by atoms with Gasteiger partial charge < -0.3 is 14.8 Å². The van der Waals surface area contributed by atoms with Gasteiger partial charge in [0.05, 0.1) is 12.8 Å². The molecule has 6 nitrogen and oxygen atoms in total. The fourth-order valence-electron chi connectivity index (χ4n) is 2.47. The van der Waals surface area contributed by atoms with Gasteiger partial charge in [0.25, 0.3) is 5.91 Å². The molecule has 0 bridgehead atoms. The van der Waals surface area contributed by atoms with Crippen LogP contribution in [0, 0.1) is 0 Å². The monoisotopic (exact) mass is 363 g/mol. The second kappa shape index (κ2) is 8.80. The third-order valence-electron chi connectivity index (χ3n) is 4.02. The summed E-state index contributed by atoms with van der Waals surface area (Å²) in [4.78, 5) is 12.1. The lowest BCUT2D eigenvalue weighted by Crippen LogP contribution is -2.20. The van der Waals surface area contributed by atoms with E-state index in [9.17, 15) is 4.79 Å². The molecule has 0 fully saturated rings. The van der Waals surface area contributed by atoms with E-state index < -0.39 is 0 Å². The van der Waals surface area contributed by atoms with Crippen molar-refractivity contribution in [3.05, 3.63) is 66.2 Å². The topological polar surface area (TPSA) is 73.3 Å². The highest BCUT2D eigenvalue weighted by atomic mass is 16.5. The summed E-state index contributed by atoms with van der Waals surface area (Å²) in [7, 11) is 1.55. The number of rotatable bonds is 7. The fraction of sp³-hybridized carbons (Fsp3) is 0.190. The van der Waals surface area contributed by atoms with Crippen molar-refractivity contribution in [2.75, 3.05) is 19.0 Å². The first-order valence-corrected chi connectivity index (χ1v) is 8.67. The lowest BCUT2D eigenvalue weighted by atomic mass is 10.1. The summed E-state index contributed by atoms with van der Waals surface area (Å²) >= 11 is 0. The number of anilines is 1. The summed E-state index contributed by atoms with van der Waals surface area (Å²) in [6.07, 6.45) is 0.971. The zero-order valence-corrected chi connectivity index (χ0v) is 15.3. The Morgan fingerprint density at radius 1 is 0.963 bits per heavy atom. The molecule has 1 aromatic heterocycles. The van der Waals surface area contributed by atoms with Crippen LogP contribution in [-0.2, 0) is 11.2 Å². The van der Waals surface area contributed by atoms with E-state index in [1.165, 1.54) is 5.56 Å². The first-order chi connectivity index (χ1) is 13.2. The van der Waals surface area contributed by atoms with Gasteiger partial charge in [-0.15, -0.1) is 10.2 Å². The largest absolute Gasteiger partial charge is 0.484 e. The summed E-state index contributed by atoms with van der Waals surface area (Å²) in [5.41, 5.74) is 3.55. The molecule has 0 saturated carbocycles. The van der Waals surface area contributed by atoms with Crippen LogP contribution in [0.2, 0.25) is 0 Å². The Balaban J connectivity index is 1.54. The van der Waals surface area contributed by atoms with Crippen molar-refractivity contribution in [3.63, 3.8) is 0 Å². The normalized spacial score (nSPS) is 10.3. The Morgan fingerprint density at radius 2 is 1.70 bits per heavy atom. The highest BCUT2D eigenvalue weighted by Gasteiger charge is 2.06. The number of carbonyl (C=O) groups excluding carboxylic acids is 1. The van der Waals surface area contributed by atoms with Crippen LogP contribution in [0.15, 0.2) is 60.7 Å². The second-order valence-electron chi connectivity index (χ2n) is 5.87. The molecule has 0 atom stereocenters. The first-order valence-electron chi connectivity index (χ1n) is 8.67. The highest BCUT2D eigenvalue weighted by Crippen LogP contribution is 2.20. The Kier molecular flexibility index (Phi) is 5.99. The number of nitrogens with one attached hydrogen (secondary N) is 1. The van der Waals surface area contributed by atoms with Crippen LogP contribution in [0.1, 0.15) is 12.5 Å². The standard InChI is InChI=1S/C21H21N3O3/c1-3-15-4-10-18(11-5-15)27-14-20(25)22-17-8-6-16(7-9-17)19-12-13-21(26-2)24-23-19/h4-13H,3,14H2,1-2H3,(H,22,25). The Labute approximate surface area is 158 Å². The molecular weight excluding hydrogens is 342 g/mol. The third kappa shape index (κ3) is 5.04. The molecule has 6 heteroatoms. The zero-order chi connectivity index (χ0) is 19.1. The molecule has 0 saturated heterocycles. The number of hydrogen-bond acceptors (Lipinski definition) is 5. The van der Waals surface area contributed by atoms with Crippen LogP contribution in [0.3, 0.4) is 0 Å². The molecule has 0 spiro atoms. The van der Waals surface area contributed by atoms with Crippen LogP contribution >= 0.6 is 0 Å². The summed E-state index contributed by atoms with van der Waals surface area (Å²) in [6, 6.07) is 18.7. The minimum Gasteiger partial charge on any atom is -0.484 e. The highest BCUT2D eigenvalue weighted by molar-refractivity contribution is 5.92. The van der Waals surface area contributed by atoms with Crippen molar-refractivity contribution >= 4 is 11.6 Å². The minimum atomic E-state index is -0.216. The quantitative estimate of drug-likeness (QED) is 0.692. The van der Waals surface area contributed by atoms with Crippen LogP contribution in [0.25, 0.3) is 11.3 Å². The predicted molar refractivity (Wildman–Crippen MR) is 104 cm³/mol. The molecule has 138 valence electrons. The molecule has 2 aromatic carbocycles. The third-order valence-corrected chi connectivity index (χ3v) is 4.02. The van der Waals surface area contributed by atoms with Gasteiger partial charge in [-0.3, -0.25) is 4.79 Å². The van der Waals surface area contributed by atoms with Crippen molar-refractivity contribution < 1.29 is 14.3 Å². The average molecular weight is 363 g/mol. The number of hydrogen-bond donors (Lipinski definition) is 1. The number of amides is 1. The fourth-order valence-corrected chi connectivity index (χ4v) is 2.47. The van der Waals surface area contributed by atoms with E-state index in [2.05, 4.69) is 22.4 Å². The second-order valence-corrected chi connectivity index (χ2v) is 5.87. The van der Waals surface area contributed by atoms with E-state index >= 15 is 0 Å². The minimum absolute atomic E-state index is 0.0445. The van der Waals surface area contributed by atoms with Gasteiger partial charge >= 0.3 is 0 Å². The van der Waals surface area contributed by atoms with Crippen LogP contribution in [0.4, 0.5) is 5.69 Å². The van der Waals surface area contributed by atoms with Crippen LogP contribution < -0.4 is 14.8 Å². The molecule has 0 unspecified atom stereocenters. The molecule has 27 heavy (non-hydrogen) atoms. The average Bonchev–Trinajstić information content (AvgIpc) is 2.73. The van der Waals surface area contributed by atoms with E-state index in [0.717, 1.165) is 17.7 Å². The predicted octanol–water partition coefficient (Wildman–Crippen LogP) is 3.73. The van der Waals surface area contributed by atoms with Gasteiger partial charge in [-0.05, 0) is 42.3 Å². The van der Waals surface area contributed by atoms with E-state index in [0.29, 0.717) is 17.3 Å². The van der Waals surface area contributed by atoms with Crippen LogP contribution in [-0.4, -0.2) is 29.8 Å². The summed E-state index contributed by atoms with van der Waals surface area (Å²) in [5.74, 6) is 0.925. The molecule has 1 N–H and O–H groups in total. The molecule has 0 aliphatic rings. The van der Waals surface area contributed by atoms with Gasteiger partial charge in [0.1, 0.15) is 5.75 Å². The van der Waals surface area contributed by atoms with Crippen molar-refractivity contribution in [3.8, 4) is 22.9 Å². The number of nitrogens with zero attached hydrogens (tertiary/aromatic N) is 2. The number of aryl methyl sites for hydroxylation is 1. The first kappa shape index (κ1) is 18.4. The molecule has 0 aliphatic carbocycles. The van der Waals surface area contributed by atoms with E-state index in [1.54, 1.807) is 13.2 Å². The van der Waals surface area contributed by atoms with Gasteiger partial charge in [0, 0.05) is 17.3 Å². The molecule has 0 radical (unpaired) electrons. The van der Waals surface area contributed by atoms with Gasteiger partial charge in [0.2, 0.25) is 5.88 Å². The van der Waals surface area contributed by atoms with E-state index in [4.69, 9.17) is 9.47 Å². The number of methoxy groups -OCH3 is 1. The smallest absolute Gasteiger partial charge is 0.262 e.